The molecule has 1 aliphatic rings. The number of aliphatic hydroxyl groups is 1. The zero-order valence-corrected chi connectivity index (χ0v) is 13.3. The zero-order valence-electron chi connectivity index (χ0n) is 11.0. The topological polar surface area (TPSA) is 74.2 Å². The summed E-state index contributed by atoms with van der Waals surface area (Å²) in [5.41, 5.74) is 0. The first-order valence-electron chi connectivity index (χ1n) is 6.36. The van der Waals surface area contributed by atoms with Gasteiger partial charge in [-0.1, -0.05) is 34.8 Å². The fourth-order valence-electron chi connectivity index (χ4n) is 1.87. The number of aromatic nitrogens is 3. The van der Waals surface area contributed by atoms with Gasteiger partial charge in [0.2, 0.25) is 15.7 Å². The number of anilines is 2. The van der Waals surface area contributed by atoms with Crippen LogP contribution in [0, 0.1) is 0 Å². The van der Waals surface area contributed by atoms with E-state index in [-0.39, 0.29) is 5.82 Å². The lowest BCUT2D eigenvalue weighted by atomic mass is 10.4. The van der Waals surface area contributed by atoms with Crippen LogP contribution in [0.5, 0.6) is 0 Å². The molecule has 0 spiro atoms. The molecule has 0 bridgehead atoms. The molecule has 112 valence electrons. The molecule has 2 heterocycles. The van der Waals surface area contributed by atoms with Gasteiger partial charge in [0.15, 0.2) is 5.82 Å². The van der Waals surface area contributed by atoms with E-state index < -0.39 is 9.90 Å². The molecule has 0 saturated carbocycles. The minimum absolute atomic E-state index is 0.0764. The van der Waals surface area contributed by atoms with E-state index in [2.05, 4.69) is 20.3 Å². The van der Waals surface area contributed by atoms with Crippen molar-refractivity contribution in [2.75, 3.05) is 29.9 Å². The second-order valence-corrected chi connectivity index (χ2v) is 6.99. The number of alkyl halides is 3. The number of hydrogen-bond donors (Lipinski definition) is 2. The fraction of sp³-hybridized carbons (Fsp3) is 0.727. The number of halogens is 3. The molecule has 9 heteroatoms. The normalized spacial score (nSPS) is 17.4. The molecule has 0 aromatic carbocycles. The van der Waals surface area contributed by atoms with E-state index in [9.17, 15) is 5.11 Å². The third kappa shape index (κ3) is 4.22. The van der Waals surface area contributed by atoms with Crippen LogP contribution in [0.2, 0.25) is 0 Å². The quantitative estimate of drug-likeness (QED) is 0.818. The molecular formula is C11H16Cl3N5O. The standard InChI is InChI=1S/C11H16Cl3N5O/c1-7(20)6-15-9-16-8(11(12,13)14)17-10(18-9)19-4-2-3-5-19/h7,20H,2-6H2,1H3,(H,15,16,17,18). The van der Waals surface area contributed by atoms with Crippen molar-refractivity contribution in [3.05, 3.63) is 5.82 Å². The van der Waals surface area contributed by atoms with E-state index in [1.807, 2.05) is 4.90 Å². The highest BCUT2D eigenvalue weighted by molar-refractivity contribution is 6.66. The van der Waals surface area contributed by atoms with E-state index in [0.717, 1.165) is 25.9 Å². The van der Waals surface area contributed by atoms with Crippen LogP contribution in [0.3, 0.4) is 0 Å². The SMILES string of the molecule is CC(O)CNc1nc(N2CCCC2)nc(C(Cl)(Cl)Cl)n1. The van der Waals surface area contributed by atoms with Crippen LogP contribution in [0.4, 0.5) is 11.9 Å². The third-order valence-electron chi connectivity index (χ3n) is 2.82. The van der Waals surface area contributed by atoms with Gasteiger partial charge < -0.3 is 15.3 Å². The Hall–Kier alpha value is -0.560. The van der Waals surface area contributed by atoms with Crippen LogP contribution in [-0.4, -0.2) is 45.8 Å². The lowest BCUT2D eigenvalue weighted by Gasteiger charge is -2.19. The molecule has 1 fully saturated rings. The second-order valence-electron chi connectivity index (χ2n) is 4.70. The first kappa shape index (κ1) is 15.8. The van der Waals surface area contributed by atoms with Crippen molar-refractivity contribution in [1.29, 1.82) is 0 Å². The van der Waals surface area contributed by atoms with Crippen LogP contribution >= 0.6 is 34.8 Å². The highest BCUT2D eigenvalue weighted by Gasteiger charge is 2.29. The Morgan fingerprint density at radius 2 is 1.90 bits per heavy atom. The van der Waals surface area contributed by atoms with Gasteiger partial charge in [-0.05, 0) is 19.8 Å². The predicted molar refractivity (Wildman–Crippen MR) is 80.7 cm³/mol. The van der Waals surface area contributed by atoms with Crippen molar-refractivity contribution in [2.45, 2.75) is 29.7 Å². The Morgan fingerprint density at radius 3 is 2.45 bits per heavy atom. The summed E-state index contributed by atoms with van der Waals surface area (Å²) in [6, 6.07) is 0. The highest BCUT2D eigenvalue weighted by atomic mass is 35.6. The van der Waals surface area contributed by atoms with Gasteiger partial charge in [-0.2, -0.15) is 15.0 Å². The smallest absolute Gasteiger partial charge is 0.250 e. The molecule has 1 unspecified atom stereocenters. The largest absolute Gasteiger partial charge is 0.392 e. The maximum absolute atomic E-state index is 9.30. The number of aliphatic hydroxyl groups excluding tert-OH is 1. The van der Waals surface area contributed by atoms with Gasteiger partial charge in [0.05, 0.1) is 6.10 Å². The van der Waals surface area contributed by atoms with E-state index in [1.54, 1.807) is 6.92 Å². The average Bonchev–Trinajstić information content (AvgIpc) is 2.89. The van der Waals surface area contributed by atoms with Crippen LogP contribution in [0.25, 0.3) is 0 Å². The van der Waals surface area contributed by atoms with E-state index in [1.165, 1.54) is 0 Å². The third-order valence-corrected chi connectivity index (χ3v) is 3.33. The van der Waals surface area contributed by atoms with Gasteiger partial charge >= 0.3 is 0 Å². The summed E-state index contributed by atoms with van der Waals surface area (Å²) in [6.07, 6.45) is 1.65. The summed E-state index contributed by atoms with van der Waals surface area (Å²) in [5.74, 6) is 0.864. The molecule has 1 aromatic heterocycles. The van der Waals surface area contributed by atoms with Crippen molar-refractivity contribution in [1.82, 2.24) is 15.0 Å². The summed E-state index contributed by atoms with van der Waals surface area (Å²) in [6.45, 7) is 3.71. The number of rotatable bonds is 4. The first-order chi connectivity index (χ1) is 9.36. The summed E-state index contributed by atoms with van der Waals surface area (Å²) < 4.78 is -1.71. The molecule has 2 rings (SSSR count). The van der Waals surface area contributed by atoms with Crippen LogP contribution in [0.1, 0.15) is 25.6 Å². The lowest BCUT2D eigenvalue weighted by Crippen LogP contribution is -2.25. The minimum atomic E-state index is -1.71. The van der Waals surface area contributed by atoms with Crippen molar-refractivity contribution in [3.8, 4) is 0 Å². The van der Waals surface area contributed by atoms with Crippen LogP contribution < -0.4 is 10.2 Å². The van der Waals surface area contributed by atoms with E-state index >= 15 is 0 Å². The molecule has 20 heavy (non-hydrogen) atoms. The Kier molecular flexibility index (Phi) is 5.12. The number of hydrogen-bond acceptors (Lipinski definition) is 6. The molecule has 0 radical (unpaired) electrons. The Balaban J connectivity index is 2.28. The van der Waals surface area contributed by atoms with Crippen molar-refractivity contribution < 1.29 is 5.11 Å². The molecule has 1 aromatic rings. The highest BCUT2D eigenvalue weighted by Crippen LogP contribution is 2.36. The van der Waals surface area contributed by atoms with Crippen molar-refractivity contribution >= 4 is 46.7 Å². The van der Waals surface area contributed by atoms with Gasteiger partial charge in [0, 0.05) is 19.6 Å². The maximum Gasteiger partial charge on any atom is 0.250 e. The molecule has 1 saturated heterocycles. The maximum atomic E-state index is 9.30. The monoisotopic (exact) mass is 339 g/mol. The minimum Gasteiger partial charge on any atom is -0.392 e. The van der Waals surface area contributed by atoms with E-state index in [0.29, 0.717) is 18.4 Å². The van der Waals surface area contributed by atoms with Crippen LogP contribution in [0.15, 0.2) is 0 Å². The molecule has 6 nitrogen and oxygen atoms in total. The summed E-state index contributed by atoms with van der Waals surface area (Å²) >= 11 is 17.6. The fourth-order valence-corrected chi connectivity index (χ4v) is 2.12. The molecule has 2 N–H and O–H groups in total. The Morgan fingerprint density at radius 1 is 1.25 bits per heavy atom. The molecule has 1 atom stereocenters. The summed E-state index contributed by atoms with van der Waals surface area (Å²) in [4.78, 5) is 14.6. The average molecular weight is 341 g/mol. The van der Waals surface area contributed by atoms with Gasteiger partial charge in [0.25, 0.3) is 0 Å². The van der Waals surface area contributed by atoms with Crippen molar-refractivity contribution in [3.63, 3.8) is 0 Å². The van der Waals surface area contributed by atoms with Crippen molar-refractivity contribution in [2.24, 2.45) is 0 Å². The van der Waals surface area contributed by atoms with Crippen LogP contribution in [-0.2, 0) is 3.79 Å². The second kappa shape index (κ2) is 6.47. The first-order valence-corrected chi connectivity index (χ1v) is 7.50. The summed E-state index contributed by atoms with van der Waals surface area (Å²) in [7, 11) is 0. The van der Waals surface area contributed by atoms with E-state index in [4.69, 9.17) is 34.8 Å². The lowest BCUT2D eigenvalue weighted by molar-refractivity contribution is 0.208. The summed E-state index contributed by atoms with van der Waals surface area (Å²) in [5, 5.41) is 12.2. The Labute approximate surface area is 132 Å². The van der Waals surface area contributed by atoms with Gasteiger partial charge in [0.1, 0.15) is 0 Å². The zero-order chi connectivity index (χ0) is 14.8. The molecule has 0 amide bonds. The Bertz CT molecular complexity index is 460. The molecular weight excluding hydrogens is 325 g/mol. The van der Waals surface area contributed by atoms with Gasteiger partial charge in [-0.3, -0.25) is 0 Å². The number of nitrogens with one attached hydrogen (secondary N) is 1. The van der Waals surface area contributed by atoms with Gasteiger partial charge in [-0.15, -0.1) is 0 Å². The number of nitrogens with zero attached hydrogens (tertiary/aromatic N) is 4. The molecule has 0 aliphatic carbocycles. The molecule has 1 aliphatic heterocycles. The van der Waals surface area contributed by atoms with Gasteiger partial charge in [-0.25, -0.2) is 0 Å². The predicted octanol–water partition coefficient (Wildman–Crippen LogP) is 2.09.